The zero-order valence-electron chi connectivity index (χ0n) is 12.0. The van der Waals surface area contributed by atoms with Gasteiger partial charge in [-0.3, -0.25) is 0 Å². The SMILES string of the molecule is COc1cc(Cl)cc(C2(C(C)N)CC2)c1OC(C)C. The van der Waals surface area contributed by atoms with Crippen LogP contribution in [-0.4, -0.2) is 19.3 Å². The van der Waals surface area contributed by atoms with E-state index in [-0.39, 0.29) is 17.6 Å². The molecular weight excluding hydrogens is 262 g/mol. The van der Waals surface area contributed by atoms with E-state index in [0.717, 1.165) is 24.2 Å². The standard InChI is InChI=1S/C15H22ClNO2/c1-9(2)19-14-12(15(5-6-15)10(3)17)7-11(16)8-13(14)18-4/h7-10H,5-6,17H2,1-4H3. The summed E-state index contributed by atoms with van der Waals surface area (Å²) in [5, 5.41) is 0.662. The summed E-state index contributed by atoms with van der Waals surface area (Å²) in [5.74, 6) is 1.47. The maximum atomic E-state index is 6.20. The Hall–Kier alpha value is -0.930. The zero-order chi connectivity index (χ0) is 14.2. The van der Waals surface area contributed by atoms with E-state index in [0.29, 0.717) is 10.8 Å². The lowest BCUT2D eigenvalue weighted by molar-refractivity contribution is 0.225. The Bertz CT molecular complexity index is 467. The first-order valence-electron chi connectivity index (χ1n) is 6.71. The van der Waals surface area contributed by atoms with Crippen LogP contribution < -0.4 is 15.2 Å². The average Bonchev–Trinajstić information content (AvgIpc) is 3.11. The summed E-state index contributed by atoms with van der Waals surface area (Å²) in [6, 6.07) is 3.84. The molecule has 0 bridgehead atoms. The molecule has 0 amide bonds. The van der Waals surface area contributed by atoms with Gasteiger partial charge in [0, 0.05) is 28.1 Å². The van der Waals surface area contributed by atoms with Crippen molar-refractivity contribution in [1.29, 1.82) is 0 Å². The fraction of sp³-hybridized carbons (Fsp3) is 0.600. The predicted octanol–water partition coefficient (Wildman–Crippen LogP) is 3.51. The molecule has 1 aliphatic rings. The summed E-state index contributed by atoms with van der Waals surface area (Å²) < 4.78 is 11.4. The van der Waals surface area contributed by atoms with Crippen LogP contribution in [0, 0.1) is 0 Å². The minimum atomic E-state index is -0.0115. The van der Waals surface area contributed by atoms with Crippen LogP contribution in [0.4, 0.5) is 0 Å². The zero-order valence-corrected chi connectivity index (χ0v) is 12.8. The number of nitrogens with two attached hydrogens (primary N) is 1. The molecule has 0 aliphatic heterocycles. The third-order valence-corrected chi connectivity index (χ3v) is 4.01. The third kappa shape index (κ3) is 2.67. The van der Waals surface area contributed by atoms with Crippen molar-refractivity contribution in [2.75, 3.05) is 7.11 Å². The van der Waals surface area contributed by atoms with Crippen LogP contribution in [0.3, 0.4) is 0 Å². The van der Waals surface area contributed by atoms with Gasteiger partial charge in [0.2, 0.25) is 0 Å². The maximum Gasteiger partial charge on any atom is 0.165 e. The fourth-order valence-corrected chi connectivity index (χ4v) is 2.76. The first-order chi connectivity index (χ1) is 8.90. The minimum Gasteiger partial charge on any atom is -0.493 e. The second-order valence-electron chi connectivity index (χ2n) is 5.60. The number of benzene rings is 1. The maximum absolute atomic E-state index is 6.20. The van der Waals surface area contributed by atoms with Crippen molar-refractivity contribution in [3.63, 3.8) is 0 Å². The second-order valence-corrected chi connectivity index (χ2v) is 6.03. The summed E-state index contributed by atoms with van der Waals surface area (Å²) in [6.07, 6.45) is 2.23. The van der Waals surface area contributed by atoms with Gasteiger partial charge >= 0.3 is 0 Å². The lowest BCUT2D eigenvalue weighted by atomic mass is 9.88. The lowest BCUT2D eigenvalue weighted by Gasteiger charge is -2.26. The molecule has 1 saturated carbocycles. The van der Waals surface area contributed by atoms with Crippen molar-refractivity contribution in [2.45, 2.75) is 51.2 Å². The van der Waals surface area contributed by atoms with Gasteiger partial charge in [-0.25, -0.2) is 0 Å². The highest BCUT2D eigenvalue weighted by molar-refractivity contribution is 6.30. The second kappa shape index (κ2) is 5.22. The number of hydrogen-bond donors (Lipinski definition) is 1. The largest absolute Gasteiger partial charge is 0.493 e. The number of halogens is 1. The first-order valence-corrected chi connectivity index (χ1v) is 7.09. The first kappa shape index (κ1) is 14.5. The highest BCUT2D eigenvalue weighted by atomic mass is 35.5. The molecule has 2 rings (SSSR count). The van der Waals surface area contributed by atoms with E-state index < -0.39 is 0 Å². The number of methoxy groups -OCH3 is 1. The monoisotopic (exact) mass is 283 g/mol. The molecule has 1 atom stereocenters. The molecule has 2 N–H and O–H groups in total. The Labute approximate surface area is 120 Å². The Morgan fingerprint density at radius 3 is 2.32 bits per heavy atom. The van der Waals surface area contributed by atoms with E-state index in [4.69, 9.17) is 26.8 Å². The molecular formula is C15H22ClNO2. The van der Waals surface area contributed by atoms with Gasteiger partial charge in [-0.05, 0) is 39.7 Å². The molecule has 106 valence electrons. The Kier molecular flexibility index (Phi) is 3.98. The van der Waals surface area contributed by atoms with Crippen LogP contribution in [-0.2, 0) is 5.41 Å². The molecule has 0 radical (unpaired) electrons. The Morgan fingerprint density at radius 2 is 1.89 bits per heavy atom. The number of rotatable bonds is 5. The smallest absolute Gasteiger partial charge is 0.165 e. The predicted molar refractivity (Wildman–Crippen MR) is 78.3 cm³/mol. The average molecular weight is 284 g/mol. The summed E-state index contributed by atoms with van der Waals surface area (Å²) in [5.41, 5.74) is 7.24. The van der Waals surface area contributed by atoms with Crippen LogP contribution >= 0.6 is 11.6 Å². The van der Waals surface area contributed by atoms with Crippen molar-refractivity contribution >= 4 is 11.6 Å². The van der Waals surface area contributed by atoms with E-state index in [1.54, 1.807) is 13.2 Å². The Balaban J connectivity index is 2.54. The molecule has 19 heavy (non-hydrogen) atoms. The van der Waals surface area contributed by atoms with E-state index in [2.05, 4.69) is 0 Å². The molecule has 4 heteroatoms. The van der Waals surface area contributed by atoms with Crippen LogP contribution in [0.2, 0.25) is 5.02 Å². The highest BCUT2D eigenvalue weighted by Crippen LogP contribution is 2.55. The molecule has 0 heterocycles. The minimum absolute atomic E-state index is 0.0115. The number of ether oxygens (including phenoxy) is 2. The Morgan fingerprint density at radius 1 is 1.26 bits per heavy atom. The summed E-state index contributed by atoms with van der Waals surface area (Å²) in [4.78, 5) is 0. The van der Waals surface area contributed by atoms with E-state index in [1.807, 2.05) is 26.8 Å². The van der Waals surface area contributed by atoms with Crippen LogP contribution in [0.25, 0.3) is 0 Å². The van der Waals surface area contributed by atoms with Crippen molar-refractivity contribution in [2.24, 2.45) is 5.73 Å². The van der Waals surface area contributed by atoms with Gasteiger partial charge in [0.15, 0.2) is 11.5 Å². The van der Waals surface area contributed by atoms with Crippen molar-refractivity contribution in [3.05, 3.63) is 22.7 Å². The van der Waals surface area contributed by atoms with Gasteiger partial charge in [0.25, 0.3) is 0 Å². The topological polar surface area (TPSA) is 44.5 Å². The van der Waals surface area contributed by atoms with Gasteiger partial charge in [0.05, 0.1) is 13.2 Å². The van der Waals surface area contributed by atoms with E-state index >= 15 is 0 Å². The van der Waals surface area contributed by atoms with Gasteiger partial charge in [-0.15, -0.1) is 0 Å². The summed E-state index contributed by atoms with van der Waals surface area (Å²) in [7, 11) is 1.63. The van der Waals surface area contributed by atoms with Crippen LogP contribution in [0.15, 0.2) is 12.1 Å². The fourth-order valence-electron chi connectivity index (χ4n) is 2.55. The molecule has 3 nitrogen and oxygen atoms in total. The van der Waals surface area contributed by atoms with E-state index in [9.17, 15) is 0 Å². The molecule has 1 aromatic carbocycles. The van der Waals surface area contributed by atoms with Gasteiger partial charge in [-0.2, -0.15) is 0 Å². The van der Waals surface area contributed by atoms with Gasteiger partial charge in [0.1, 0.15) is 0 Å². The van der Waals surface area contributed by atoms with Crippen LogP contribution in [0.5, 0.6) is 11.5 Å². The quantitative estimate of drug-likeness (QED) is 0.899. The molecule has 1 unspecified atom stereocenters. The molecule has 0 saturated heterocycles. The van der Waals surface area contributed by atoms with Crippen molar-refractivity contribution < 1.29 is 9.47 Å². The van der Waals surface area contributed by atoms with Gasteiger partial charge < -0.3 is 15.2 Å². The van der Waals surface area contributed by atoms with Crippen LogP contribution in [0.1, 0.15) is 39.2 Å². The lowest BCUT2D eigenvalue weighted by Crippen LogP contribution is -2.32. The van der Waals surface area contributed by atoms with Gasteiger partial charge in [-0.1, -0.05) is 11.6 Å². The van der Waals surface area contributed by atoms with Crippen molar-refractivity contribution in [3.8, 4) is 11.5 Å². The van der Waals surface area contributed by atoms with E-state index in [1.165, 1.54) is 0 Å². The highest BCUT2D eigenvalue weighted by Gasteiger charge is 2.50. The molecule has 1 aromatic rings. The molecule has 0 aromatic heterocycles. The molecule has 1 aliphatic carbocycles. The number of hydrogen-bond acceptors (Lipinski definition) is 3. The summed E-state index contributed by atoms with van der Waals surface area (Å²) in [6.45, 7) is 6.05. The van der Waals surface area contributed by atoms with Crippen molar-refractivity contribution in [1.82, 2.24) is 0 Å². The molecule has 1 fully saturated rings. The normalized spacial score (nSPS) is 18.3. The molecule has 0 spiro atoms. The third-order valence-electron chi connectivity index (χ3n) is 3.79. The summed E-state index contributed by atoms with van der Waals surface area (Å²) >= 11 is 6.20.